The first-order chi connectivity index (χ1) is 22.7. The molecule has 1 fully saturated rings. The zero-order valence-corrected chi connectivity index (χ0v) is 34.7. The smallest absolute Gasteiger partial charge is 0.330 e. The number of aromatic hydroxyl groups is 4. The number of hydrogen-bond donors (Lipinski definition) is 5. The minimum atomic E-state index is -0.935. The molecule has 264 valence electrons. The number of carboxylic acid groups (broad SMARTS) is 1. The summed E-state index contributed by atoms with van der Waals surface area (Å²) in [4.78, 5) is 9.60. The molecule has 0 radical (unpaired) electrons. The van der Waals surface area contributed by atoms with Crippen LogP contribution in [0.25, 0.3) is 0 Å². The van der Waals surface area contributed by atoms with Crippen LogP contribution >= 0.6 is 75.3 Å². The van der Waals surface area contributed by atoms with Crippen molar-refractivity contribution in [2.75, 3.05) is 12.5 Å². The van der Waals surface area contributed by atoms with Gasteiger partial charge < -0.3 is 30.3 Å². The third-order valence-electron chi connectivity index (χ3n) is 7.59. The topological polar surface area (TPSA) is 131 Å². The van der Waals surface area contributed by atoms with Crippen LogP contribution in [0.2, 0.25) is 0 Å². The number of ether oxygens (including phenoxy) is 1. The predicted octanol–water partition coefficient (Wildman–Crippen LogP) is 11.2. The number of phenolic OH excluding ortho intramolecular Hbond substituents is 4. The van der Waals surface area contributed by atoms with Gasteiger partial charge in [0.2, 0.25) is 0 Å². The van der Waals surface area contributed by atoms with Gasteiger partial charge in [0, 0.05) is 16.4 Å². The maximum atomic E-state index is 9.85. The molecule has 49 heavy (non-hydrogen) atoms. The molecular formula is C37H39Br4ClO7. The zero-order chi connectivity index (χ0) is 37.3. The van der Waals surface area contributed by atoms with Gasteiger partial charge in [0.05, 0.1) is 36.5 Å². The van der Waals surface area contributed by atoms with E-state index in [-0.39, 0.29) is 39.4 Å². The number of rotatable bonds is 6. The third-order valence-corrected chi connectivity index (χ3v) is 10.4. The highest BCUT2D eigenvalue weighted by Gasteiger charge is 2.27. The van der Waals surface area contributed by atoms with Gasteiger partial charge in [-0.1, -0.05) is 58.5 Å². The number of benzene rings is 4. The number of phenols is 4. The van der Waals surface area contributed by atoms with E-state index >= 15 is 0 Å². The SMILES string of the molecule is C=C(C)C(=O)O.CC(C)(c1cc(Br)c(O)c(Br)c1)c1cc(Br)c(O)c(Br)c1.CC(C)(c1ccc(O)cc1)c1ccc(O)cc1.ClCC1CO1. The Kier molecular flexibility index (Phi) is 16.2. The van der Waals surface area contributed by atoms with Crippen LogP contribution in [0.1, 0.15) is 56.9 Å². The number of hydrogen-bond acceptors (Lipinski definition) is 6. The summed E-state index contributed by atoms with van der Waals surface area (Å²) in [6, 6.07) is 22.0. The minimum Gasteiger partial charge on any atom is -0.508 e. The molecule has 4 aromatic carbocycles. The van der Waals surface area contributed by atoms with Crippen molar-refractivity contribution in [3.05, 3.63) is 125 Å². The summed E-state index contributed by atoms with van der Waals surface area (Å²) in [5.41, 5.74) is 4.03. The van der Waals surface area contributed by atoms with Crippen LogP contribution in [0.4, 0.5) is 0 Å². The molecule has 7 nitrogen and oxygen atoms in total. The molecule has 1 unspecified atom stereocenters. The van der Waals surface area contributed by atoms with Crippen LogP contribution in [0, 0.1) is 0 Å². The second kappa shape index (κ2) is 18.6. The Morgan fingerprint density at radius 1 is 0.714 bits per heavy atom. The zero-order valence-electron chi connectivity index (χ0n) is 27.6. The molecule has 1 heterocycles. The van der Waals surface area contributed by atoms with Crippen molar-refractivity contribution in [1.29, 1.82) is 0 Å². The summed E-state index contributed by atoms with van der Waals surface area (Å²) in [7, 11) is 0. The van der Waals surface area contributed by atoms with E-state index in [4.69, 9.17) is 21.4 Å². The van der Waals surface area contributed by atoms with Crippen molar-refractivity contribution in [2.24, 2.45) is 0 Å². The standard InChI is InChI=1S/C15H12Br4O2.C15H16O2.C4H6O2.C3H5ClO/c1-15(2,7-3-9(16)13(20)10(17)4-7)8-5-11(18)14(21)12(19)6-8;1-15(2,11-3-7-13(16)8-4-11)12-5-9-14(17)10-6-12;1-3(2)4(5)6;4-1-3-2-5-3/h3-6,20-21H,1-2H3;3-10,16-17H,1-2H3;1H2,2H3,(H,5,6);3H,1-2H2. The summed E-state index contributed by atoms with van der Waals surface area (Å²) in [5, 5.41) is 46.2. The van der Waals surface area contributed by atoms with E-state index in [9.17, 15) is 25.2 Å². The van der Waals surface area contributed by atoms with Crippen molar-refractivity contribution >= 4 is 81.3 Å². The Labute approximate surface area is 326 Å². The molecule has 4 aromatic rings. The van der Waals surface area contributed by atoms with Crippen LogP contribution in [-0.2, 0) is 20.4 Å². The maximum absolute atomic E-state index is 9.85. The van der Waals surface area contributed by atoms with E-state index in [1.54, 1.807) is 24.3 Å². The Balaban J connectivity index is 0.000000263. The van der Waals surface area contributed by atoms with Crippen molar-refractivity contribution in [1.82, 2.24) is 0 Å². The van der Waals surface area contributed by atoms with E-state index in [1.807, 2.05) is 48.5 Å². The van der Waals surface area contributed by atoms with Crippen molar-refractivity contribution in [2.45, 2.75) is 51.6 Å². The van der Waals surface area contributed by atoms with Gasteiger partial charge in [-0.3, -0.25) is 0 Å². The molecule has 0 amide bonds. The lowest BCUT2D eigenvalue weighted by Gasteiger charge is -2.27. The van der Waals surface area contributed by atoms with Gasteiger partial charge in [-0.05, 0) is 141 Å². The molecule has 0 aromatic heterocycles. The van der Waals surface area contributed by atoms with E-state index in [2.05, 4.69) is 98.0 Å². The quantitative estimate of drug-likeness (QED) is 0.0739. The predicted molar refractivity (Wildman–Crippen MR) is 210 cm³/mol. The molecule has 0 aliphatic carbocycles. The van der Waals surface area contributed by atoms with Crippen LogP contribution in [0.5, 0.6) is 23.0 Å². The fourth-order valence-corrected chi connectivity index (χ4v) is 6.65. The Hall–Kier alpha value is -2.54. The Morgan fingerprint density at radius 2 is 0.980 bits per heavy atom. The molecule has 1 aliphatic heterocycles. The first kappa shape index (κ1) is 42.6. The summed E-state index contributed by atoms with van der Waals surface area (Å²) in [5.74, 6) is 0.644. The number of carbonyl (C=O) groups is 1. The minimum absolute atomic E-state index is 0.151. The molecule has 1 atom stereocenters. The van der Waals surface area contributed by atoms with Crippen LogP contribution in [0.3, 0.4) is 0 Å². The molecule has 5 rings (SSSR count). The molecule has 1 saturated heterocycles. The lowest BCUT2D eigenvalue weighted by molar-refractivity contribution is -0.132. The van der Waals surface area contributed by atoms with Crippen LogP contribution in [0.15, 0.2) is 103 Å². The second-order valence-electron chi connectivity index (χ2n) is 12.1. The third kappa shape index (κ3) is 12.6. The Bertz CT molecular complexity index is 1570. The van der Waals surface area contributed by atoms with Gasteiger partial charge in [0.15, 0.2) is 0 Å². The van der Waals surface area contributed by atoms with Crippen LogP contribution < -0.4 is 0 Å². The summed E-state index contributed by atoms with van der Waals surface area (Å²) >= 11 is 18.7. The highest BCUT2D eigenvalue weighted by Crippen LogP contribution is 2.43. The number of epoxide rings is 1. The fraction of sp³-hybridized carbons (Fsp3) is 0.270. The first-order valence-corrected chi connectivity index (χ1v) is 18.4. The van der Waals surface area contributed by atoms with Gasteiger partial charge in [-0.2, -0.15) is 0 Å². The monoisotopic (exact) mass is 946 g/mol. The summed E-state index contributed by atoms with van der Waals surface area (Å²) in [6.45, 7) is 13.9. The van der Waals surface area contributed by atoms with E-state index in [1.165, 1.54) is 6.92 Å². The van der Waals surface area contributed by atoms with Crippen molar-refractivity contribution in [3.8, 4) is 23.0 Å². The Morgan fingerprint density at radius 3 is 1.18 bits per heavy atom. The number of carboxylic acids is 1. The van der Waals surface area contributed by atoms with Gasteiger partial charge in [-0.15, -0.1) is 11.6 Å². The first-order valence-electron chi connectivity index (χ1n) is 14.7. The van der Waals surface area contributed by atoms with E-state index < -0.39 is 5.97 Å². The van der Waals surface area contributed by atoms with Crippen LogP contribution in [-0.4, -0.2) is 50.1 Å². The average molecular weight is 951 g/mol. The molecule has 12 heteroatoms. The number of aliphatic carboxylic acids is 1. The highest BCUT2D eigenvalue weighted by atomic mass is 79.9. The van der Waals surface area contributed by atoms with Gasteiger partial charge in [0.1, 0.15) is 23.0 Å². The second-order valence-corrected chi connectivity index (χ2v) is 15.8. The normalized spacial score (nSPS) is 13.4. The van der Waals surface area contributed by atoms with Gasteiger partial charge >= 0.3 is 5.97 Å². The lowest BCUT2D eigenvalue weighted by atomic mass is 9.78. The molecular weight excluding hydrogens is 911 g/mol. The lowest BCUT2D eigenvalue weighted by Crippen LogP contribution is -2.19. The fourth-order valence-electron chi connectivity index (χ4n) is 4.10. The van der Waals surface area contributed by atoms with Gasteiger partial charge in [0.25, 0.3) is 0 Å². The highest BCUT2D eigenvalue weighted by molar-refractivity contribution is 9.11. The number of halogens is 5. The maximum Gasteiger partial charge on any atom is 0.330 e. The molecule has 0 spiro atoms. The molecule has 5 N–H and O–H groups in total. The molecule has 1 aliphatic rings. The summed E-state index contributed by atoms with van der Waals surface area (Å²) < 4.78 is 7.27. The number of alkyl halides is 1. The molecule has 0 saturated carbocycles. The average Bonchev–Trinajstić information content (AvgIpc) is 3.88. The van der Waals surface area contributed by atoms with Crippen molar-refractivity contribution < 1.29 is 35.1 Å². The molecule has 0 bridgehead atoms. The largest absolute Gasteiger partial charge is 0.508 e. The summed E-state index contributed by atoms with van der Waals surface area (Å²) in [6.07, 6.45) is 0.400. The van der Waals surface area contributed by atoms with Crippen molar-refractivity contribution in [3.63, 3.8) is 0 Å². The van der Waals surface area contributed by atoms with Gasteiger partial charge in [-0.25, -0.2) is 4.79 Å². The van der Waals surface area contributed by atoms with E-state index in [0.717, 1.165) is 28.9 Å². The van der Waals surface area contributed by atoms with E-state index in [0.29, 0.717) is 29.9 Å².